The molecule has 0 aliphatic carbocycles. The summed E-state index contributed by atoms with van der Waals surface area (Å²) in [5.74, 6) is 0.447. The quantitative estimate of drug-likeness (QED) is 0.826. The van der Waals surface area contributed by atoms with E-state index < -0.39 is 15.4 Å². The summed E-state index contributed by atoms with van der Waals surface area (Å²) in [6.07, 6.45) is 5.27. The Balaban J connectivity index is 2.16. The molecule has 2 N–H and O–H groups in total. The zero-order valence-electron chi connectivity index (χ0n) is 11.5. The normalized spacial score (nSPS) is 26.7. The van der Waals surface area contributed by atoms with E-state index in [1.54, 1.807) is 10.9 Å². The Kier molecular flexibility index (Phi) is 3.98. The maximum Gasteiger partial charge on any atom is 0.152 e. The molecule has 1 aliphatic heterocycles. The van der Waals surface area contributed by atoms with E-state index in [2.05, 4.69) is 10.00 Å². The summed E-state index contributed by atoms with van der Waals surface area (Å²) < 4.78 is 25.5. The van der Waals surface area contributed by atoms with Gasteiger partial charge in [-0.2, -0.15) is 5.10 Å². The molecule has 1 aromatic rings. The molecule has 0 saturated carbocycles. The Labute approximate surface area is 114 Å². The van der Waals surface area contributed by atoms with Crippen LogP contribution in [0.5, 0.6) is 0 Å². The summed E-state index contributed by atoms with van der Waals surface area (Å²) in [6.45, 7) is 1.03. The number of sulfone groups is 1. The number of aryl methyl sites for hydroxylation is 1. The number of likely N-dealkylation sites (N-methyl/N-ethyl adjacent to an activating group) is 1. The second kappa shape index (κ2) is 5.22. The summed E-state index contributed by atoms with van der Waals surface area (Å²) in [5, 5.41) is 4.13. The molecule has 0 bridgehead atoms. The lowest BCUT2D eigenvalue weighted by Gasteiger charge is -2.43. The number of nitrogens with zero attached hydrogens (tertiary/aromatic N) is 3. The summed E-state index contributed by atoms with van der Waals surface area (Å²) in [7, 11) is 0.836. The van der Waals surface area contributed by atoms with Crippen LogP contribution in [0.3, 0.4) is 0 Å². The first-order chi connectivity index (χ1) is 8.87. The van der Waals surface area contributed by atoms with Crippen LogP contribution in [0.4, 0.5) is 0 Å². The van der Waals surface area contributed by atoms with Gasteiger partial charge in [-0.15, -0.1) is 0 Å². The van der Waals surface area contributed by atoms with Gasteiger partial charge in [0.05, 0.1) is 17.7 Å². The molecule has 2 rings (SSSR count). The predicted molar refractivity (Wildman–Crippen MR) is 74.3 cm³/mol. The largest absolute Gasteiger partial charge is 0.329 e. The van der Waals surface area contributed by atoms with Crippen molar-refractivity contribution < 1.29 is 8.42 Å². The molecule has 108 valence electrons. The summed E-state index contributed by atoms with van der Waals surface area (Å²) >= 11 is 0. The molecule has 1 fully saturated rings. The fourth-order valence-corrected chi connectivity index (χ4v) is 4.82. The van der Waals surface area contributed by atoms with Gasteiger partial charge in [-0.1, -0.05) is 0 Å². The first-order valence-electron chi connectivity index (χ1n) is 6.46. The van der Waals surface area contributed by atoms with Gasteiger partial charge in [-0.3, -0.25) is 9.58 Å². The van der Waals surface area contributed by atoms with Crippen molar-refractivity contribution in [1.82, 2.24) is 14.7 Å². The fourth-order valence-electron chi connectivity index (χ4n) is 2.79. The Morgan fingerprint density at radius 3 is 2.84 bits per heavy atom. The lowest BCUT2D eigenvalue weighted by Crippen LogP contribution is -2.58. The van der Waals surface area contributed by atoms with E-state index in [0.29, 0.717) is 19.5 Å². The Bertz CT molecular complexity index is 540. The van der Waals surface area contributed by atoms with Crippen LogP contribution in [0.25, 0.3) is 0 Å². The molecule has 1 unspecified atom stereocenters. The minimum Gasteiger partial charge on any atom is -0.329 e. The third-order valence-electron chi connectivity index (χ3n) is 3.95. The highest BCUT2D eigenvalue weighted by atomic mass is 32.2. The SMILES string of the molecule is CN(Cc1cnn(C)c1)C1(CN)CCCS(=O)(=O)C1. The van der Waals surface area contributed by atoms with Gasteiger partial charge < -0.3 is 5.73 Å². The highest BCUT2D eigenvalue weighted by molar-refractivity contribution is 7.91. The molecule has 1 aromatic heterocycles. The van der Waals surface area contributed by atoms with Crippen LogP contribution < -0.4 is 5.73 Å². The minimum absolute atomic E-state index is 0.160. The summed E-state index contributed by atoms with van der Waals surface area (Å²) in [6, 6.07) is 0. The van der Waals surface area contributed by atoms with Crippen LogP contribution in [0.2, 0.25) is 0 Å². The highest BCUT2D eigenvalue weighted by Gasteiger charge is 2.41. The molecule has 1 atom stereocenters. The van der Waals surface area contributed by atoms with E-state index in [1.165, 1.54) is 0 Å². The zero-order valence-corrected chi connectivity index (χ0v) is 12.4. The van der Waals surface area contributed by atoms with E-state index in [-0.39, 0.29) is 11.5 Å². The van der Waals surface area contributed by atoms with Crippen molar-refractivity contribution in [3.63, 3.8) is 0 Å². The van der Waals surface area contributed by atoms with E-state index in [4.69, 9.17) is 5.73 Å². The molecule has 19 heavy (non-hydrogen) atoms. The van der Waals surface area contributed by atoms with E-state index >= 15 is 0 Å². The first kappa shape index (κ1) is 14.5. The van der Waals surface area contributed by atoms with Crippen molar-refractivity contribution in [2.45, 2.75) is 24.9 Å². The molecular formula is C12H22N4O2S. The third kappa shape index (κ3) is 3.16. The molecule has 1 saturated heterocycles. The van der Waals surface area contributed by atoms with Crippen molar-refractivity contribution in [2.24, 2.45) is 12.8 Å². The minimum atomic E-state index is -2.98. The molecule has 1 aliphatic rings. The molecule has 7 heteroatoms. The van der Waals surface area contributed by atoms with Crippen LogP contribution in [-0.4, -0.2) is 53.7 Å². The van der Waals surface area contributed by atoms with E-state index in [0.717, 1.165) is 12.0 Å². The molecule has 2 heterocycles. The topological polar surface area (TPSA) is 81.2 Å². The maximum absolute atomic E-state index is 11.9. The lowest BCUT2D eigenvalue weighted by atomic mass is 9.93. The Morgan fingerprint density at radius 2 is 2.32 bits per heavy atom. The second-order valence-electron chi connectivity index (χ2n) is 5.50. The average Bonchev–Trinajstić information content (AvgIpc) is 2.73. The number of hydrogen-bond acceptors (Lipinski definition) is 5. The van der Waals surface area contributed by atoms with E-state index in [9.17, 15) is 8.42 Å². The lowest BCUT2D eigenvalue weighted by molar-refractivity contribution is 0.124. The van der Waals surface area contributed by atoms with Crippen LogP contribution in [0, 0.1) is 0 Å². The Hall–Kier alpha value is -0.920. The van der Waals surface area contributed by atoms with Gasteiger partial charge in [0.25, 0.3) is 0 Å². The number of nitrogens with two attached hydrogens (primary N) is 1. The fraction of sp³-hybridized carbons (Fsp3) is 0.750. The van der Waals surface area contributed by atoms with Gasteiger partial charge in [-0.05, 0) is 19.9 Å². The van der Waals surface area contributed by atoms with Gasteiger partial charge in [0.1, 0.15) is 0 Å². The summed E-state index contributed by atoms with van der Waals surface area (Å²) in [4.78, 5) is 2.07. The van der Waals surface area contributed by atoms with Crippen molar-refractivity contribution >= 4 is 9.84 Å². The van der Waals surface area contributed by atoms with Crippen molar-refractivity contribution in [1.29, 1.82) is 0 Å². The van der Waals surface area contributed by atoms with Crippen LogP contribution in [0.1, 0.15) is 18.4 Å². The summed E-state index contributed by atoms with van der Waals surface area (Å²) in [5.41, 5.74) is 6.52. The molecule has 6 nitrogen and oxygen atoms in total. The molecule has 0 radical (unpaired) electrons. The number of rotatable bonds is 4. The number of aromatic nitrogens is 2. The predicted octanol–water partition coefficient (Wildman–Crippen LogP) is -0.242. The highest BCUT2D eigenvalue weighted by Crippen LogP contribution is 2.28. The van der Waals surface area contributed by atoms with Gasteiger partial charge in [-0.25, -0.2) is 8.42 Å². The van der Waals surface area contributed by atoms with Crippen molar-refractivity contribution in [3.8, 4) is 0 Å². The zero-order chi connectivity index (χ0) is 14.1. The average molecular weight is 286 g/mol. The first-order valence-corrected chi connectivity index (χ1v) is 8.28. The van der Waals surface area contributed by atoms with Gasteiger partial charge >= 0.3 is 0 Å². The molecular weight excluding hydrogens is 264 g/mol. The van der Waals surface area contributed by atoms with Gasteiger partial charge in [0.2, 0.25) is 0 Å². The monoisotopic (exact) mass is 286 g/mol. The van der Waals surface area contributed by atoms with Crippen LogP contribution >= 0.6 is 0 Å². The van der Waals surface area contributed by atoms with Crippen LogP contribution in [0.15, 0.2) is 12.4 Å². The smallest absolute Gasteiger partial charge is 0.152 e. The molecule has 0 spiro atoms. The third-order valence-corrected chi connectivity index (χ3v) is 5.84. The van der Waals surface area contributed by atoms with Crippen molar-refractivity contribution in [2.75, 3.05) is 25.1 Å². The Morgan fingerprint density at radius 1 is 1.58 bits per heavy atom. The second-order valence-corrected chi connectivity index (χ2v) is 7.69. The maximum atomic E-state index is 11.9. The van der Waals surface area contributed by atoms with Crippen molar-refractivity contribution in [3.05, 3.63) is 18.0 Å². The van der Waals surface area contributed by atoms with E-state index in [1.807, 2.05) is 20.3 Å². The van der Waals surface area contributed by atoms with Gasteiger partial charge in [0, 0.05) is 37.4 Å². The van der Waals surface area contributed by atoms with Gasteiger partial charge in [0.15, 0.2) is 9.84 Å². The number of hydrogen-bond donors (Lipinski definition) is 1. The molecule has 0 aromatic carbocycles. The molecule has 0 amide bonds. The standard InChI is InChI=1S/C12H22N4O2S/c1-15(7-11-6-14-16(2)8-11)12(9-13)4-3-5-19(17,18)10-12/h6,8H,3-5,7,9-10,13H2,1-2H3. The van der Waals surface area contributed by atoms with Crippen LogP contribution in [-0.2, 0) is 23.4 Å².